The number of hydrogen-bond acceptors (Lipinski definition) is 4. The molecule has 0 spiro atoms. The minimum absolute atomic E-state index is 0.0565. The van der Waals surface area contributed by atoms with Gasteiger partial charge >= 0.3 is 0 Å². The summed E-state index contributed by atoms with van der Waals surface area (Å²) in [5, 5.41) is 0. The number of nitrogens with zero attached hydrogens (tertiary/aromatic N) is 4. The van der Waals surface area contributed by atoms with Crippen LogP contribution in [0.25, 0.3) is 0 Å². The van der Waals surface area contributed by atoms with E-state index in [0.717, 1.165) is 36.4 Å². The van der Waals surface area contributed by atoms with Crippen molar-refractivity contribution in [1.82, 2.24) is 9.88 Å². The molecule has 0 bridgehead atoms. The number of carbonyl (C=O) groups excluding carboxylic acids is 2. The smallest absolute Gasteiger partial charge is 0.259 e. The first-order chi connectivity index (χ1) is 12.6. The first-order valence-corrected chi connectivity index (χ1v) is 8.90. The van der Waals surface area contributed by atoms with Gasteiger partial charge in [-0.25, -0.2) is 0 Å². The van der Waals surface area contributed by atoms with E-state index in [9.17, 15) is 9.59 Å². The molecule has 0 atom stereocenters. The molecule has 1 fully saturated rings. The summed E-state index contributed by atoms with van der Waals surface area (Å²) in [7, 11) is 0. The van der Waals surface area contributed by atoms with Gasteiger partial charge in [-0.15, -0.1) is 0 Å². The molecule has 6 nitrogen and oxygen atoms in total. The van der Waals surface area contributed by atoms with Crippen LogP contribution < -0.4 is 9.80 Å². The van der Waals surface area contributed by atoms with Crippen molar-refractivity contribution in [3.8, 4) is 0 Å². The summed E-state index contributed by atoms with van der Waals surface area (Å²) in [6.07, 6.45) is 4.28. The van der Waals surface area contributed by atoms with Gasteiger partial charge in [0, 0.05) is 44.6 Å². The average Bonchev–Trinajstić information content (AvgIpc) is 2.69. The number of aromatic nitrogens is 1. The Bertz CT molecular complexity index is 785. The van der Waals surface area contributed by atoms with Crippen molar-refractivity contribution in [3.63, 3.8) is 0 Å². The van der Waals surface area contributed by atoms with Crippen molar-refractivity contribution in [2.75, 3.05) is 42.5 Å². The van der Waals surface area contributed by atoms with Gasteiger partial charge in [-0.05, 0) is 37.6 Å². The number of carbonyl (C=O) groups is 2. The van der Waals surface area contributed by atoms with Crippen LogP contribution in [0.2, 0.25) is 0 Å². The molecule has 3 rings (SSSR count). The SMILES string of the molecule is CCN(C(=O)c1cncc(N2CCN(C=O)CC2)c1)c1cccc(C)c1. The molecule has 1 aromatic heterocycles. The highest BCUT2D eigenvalue weighted by Crippen LogP contribution is 2.21. The van der Waals surface area contributed by atoms with E-state index >= 15 is 0 Å². The van der Waals surface area contributed by atoms with Crippen molar-refractivity contribution >= 4 is 23.7 Å². The molecule has 0 radical (unpaired) electrons. The summed E-state index contributed by atoms with van der Waals surface area (Å²) in [6, 6.07) is 9.83. The summed E-state index contributed by atoms with van der Waals surface area (Å²) in [5.41, 5.74) is 3.50. The number of anilines is 2. The lowest BCUT2D eigenvalue weighted by atomic mass is 10.1. The molecule has 0 N–H and O–H groups in total. The highest BCUT2D eigenvalue weighted by Gasteiger charge is 2.20. The largest absolute Gasteiger partial charge is 0.367 e. The maximum Gasteiger partial charge on any atom is 0.259 e. The second-order valence-electron chi connectivity index (χ2n) is 6.45. The molecule has 1 aliphatic heterocycles. The lowest BCUT2D eigenvalue weighted by Gasteiger charge is -2.34. The maximum absolute atomic E-state index is 13.0. The van der Waals surface area contributed by atoms with E-state index in [1.54, 1.807) is 22.2 Å². The van der Waals surface area contributed by atoms with E-state index in [4.69, 9.17) is 0 Å². The highest BCUT2D eigenvalue weighted by atomic mass is 16.2. The topological polar surface area (TPSA) is 56.8 Å². The normalized spacial score (nSPS) is 14.2. The number of pyridine rings is 1. The first kappa shape index (κ1) is 17.9. The number of amides is 2. The molecule has 0 aliphatic carbocycles. The molecule has 2 amide bonds. The van der Waals surface area contributed by atoms with Crippen LogP contribution in [0.15, 0.2) is 42.7 Å². The van der Waals surface area contributed by atoms with Gasteiger partial charge < -0.3 is 14.7 Å². The third-order valence-electron chi connectivity index (χ3n) is 4.67. The molecule has 0 unspecified atom stereocenters. The number of piperazine rings is 1. The van der Waals surface area contributed by atoms with Gasteiger partial charge in [0.25, 0.3) is 5.91 Å². The van der Waals surface area contributed by atoms with Gasteiger partial charge in [0.2, 0.25) is 6.41 Å². The maximum atomic E-state index is 13.0. The van der Waals surface area contributed by atoms with Crippen LogP contribution in [0.4, 0.5) is 11.4 Å². The van der Waals surface area contributed by atoms with Gasteiger partial charge in [0.15, 0.2) is 0 Å². The summed E-state index contributed by atoms with van der Waals surface area (Å²) in [6.45, 7) is 7.43. The zero-order valence-corrected chi connectivity index (χ0v) is 15.3. The van der Waals surface area contributed by atoms with Gasteiger partial charge in [0.05, 0.1) is 17.4 Å². The van der Waals surface area contributed by atoms with E-state index in [0.29, 0.717) is 25.2 Å². The lowest BCUT2D eigenvalue weighted by Crippen LogP contribution is -2.45. The molecular weight excluding hydrogens is 328 g/mol. The number of rotatable bonds is 5. The van der Waals surface area contributed by atoms with Crippen molar-refractivity contribution in [2.45, 2.75) is 13.8 Å². The van der Waals surface area contributed by atoms with Crippen LogP contribution in [-0.4, -0.2) is 54.9 Å². The fraction of sp³-hybridized carbons (Fsp3) is 0.350. The molecule has 1 aliphatic rings. The number of hydrogen-bond donors (Lipinski definition) is 0. The average molecular weight is 352 g/mol. The van der Waals surface area contributed by atoms with E-state index in [1.807, 2.05) is 44.2 Å². The summed E-state index contributed by atoms with van der Waals surface area (Å²) < 4.78 is 0. The molecule has 2 aromatic rings. The van der Waals surface area contributed by atoms with Crippen LogP contribution in [0.5, 0.6) is 0 Å². The van der Waals surface area contributed by atoms with Gasteiger partial charge in [-0.3, -0.25) is 14.6 Å². The van der Waals surface area contributed by atoms with Crippen LogP contribution in [0.3, 0.4) is 0 Å². The van der Waals surface area contributed by atoms with E-state index in [-0.39, 0.29) is 5.91 Å². The van der Waals surface area contributed by atoms with E-state index in [2.05, 4.69) is 9.88 Å². The molecule has 0 saturated carbocycles. The van der Waals surface area contributed by atoms with Crippen molar-refractivity contribution in [3.05, 3.63) is 53.9 Å². The summed E-state index contributed by atoms with van der Waals surface area (Å²) >= 11 is 0. The fourth-order valence-corrected chi connectivity index (χ4v) is 3.20. The molecule has 2 heterocycles. The molecule has 1 aromatic carbocycles. The molecular formula is C20H24N4O2. The monoisotopic (exact) mass is 352 g/mol. The Labute approximate surface area is 154 Å². The third kappa shape index (κ3) is 3.85. The molecule has 1 saturated heterocycles. The highest BCUT2D eigenvalue weighted by molar-refractivity contribution is 6.06. The Morgan fingerprint density at radius 1 is 1.19 bits per heavy atom. The molecule has 136 valence electrons. The van der Waals surface area contributed by atoms with E-state index < -0.39 is 0 Å². The Hall–Kier alpha value is -2.89. The Morgan fingerprint density at radius 3 is 2.62 bits per heavy atom. The summed E-state index contributed by atoms with van der Waals surface area (Å²) in [5.74, 6) is -0.0565. The van der Waals surface area contributed by atoms with Crippen molar-refractivity contribution in [1.29, 1.82) is 0 Å². The fourth-order valence-electron chi connectivity index (χ4n) is 3.20. The van der Waals surface area contributed by atoms with Crippen molar-refractivity contribution < 1.29 is 9.59 Å². The Balaban J connectivity index is 1.80. The predicted molar refractivity (Wildman–Crippen MR) is 103 cm³/mol. The number of benzene rings is 1. The standard InChI is InChI=1S/C20H24N4O2/c1-3-24(18-6-4-5-16(2)11-18)20(26)17-12-19(14-21-13-17)23-9-7-22(15-25)8-10-23/h4-6,11-15H,3,7-10H2,1-2H3. The summed E-state index contributed by atoms with van der Waals surface area (Å²) in [4.78, 5) is 33.8. The Kier molecular flexibility index (Phi) is 5.51. The molecule has 6 heteroatoms. The van der Waals surface area contributed by atoms with Crippen LogP contribution in [0.1, 0.15) is 22.8 Å². The Morgan fingerprint density at radius 2 is 1.96 bits per heavy atom. The third-order valence-corrected chi connectivity index (χ3v) is 4.67. The second kappa shape index (κ2) is 7.99. The van der Waals surface area contributed by atoms with Crippen molar-refractivity contribution in [2.24, 2.45) is 0 Å². The zero-order chi connectivity index (χ0) is 18.5. The van der Waals surface area contributed by atoms with E-state index in [1.165, 1.54) is 0 Å². The minimum atomic E-state index is -0.0565. The predicted octanol–water partition coefficient (Wildman–Crippen LogP) is 2.34. The minimum Gasteiger partial charge on any atom is -0.367 e. The zero-order valence-electron chi connectivity index (χ0n) is 15.3. The lowest BCUT2D eigenvalue weighted by molar-refractivity contribution is -0.118. The first-order valence-electron chi connectivity index (χ1n) is 8.90. The molecule has 26 heavy (non-hydrogen) atoms. The van der Waals surface area contributed by atoms with Crippen LogP contribution >= 0.6 is 0 Å². The quantitative estimate of drug-likeness (QED) is 0.775. The van der Waals surface area contributed by atoms with Gasteiger partial charge in [0.1, 0.15) is 0 Å². The number of aryl methyl sites for hydroxylation is 1. The van der Waals surface area contributed by atoms with Crippen LogP contribution in [0, 0.1) is 6.92 Å². The van der Waals surface area contributed by atoms with Gasteiger partial charge in [-0.1, -0.05) is 12.1 Å². The van der Waals surface area contributed by atoms with Gasteiger partial charge in [-0.2, -0.15) is 0 Å². The second-order valence-corrected chi connectivity index (χ2v) is 6.45. The van der Waals surface area contributed by atoms with Crippen LogP contribution in [-0.2, 0) is 4.79 Å².